The Morgan fingerprint density at radius 2 is 2.50 bits per heavy atom. The SMILES string of the molecule is NC(=O)CNCC=S. The molecular formula is C4H8N2OS. The monoisotopic (exact) mass is 132 g/mol. The number of amides is 1. The van der Waals surface area contributed by atoms with Gasteiger partial charge in [0.15, 0.2) is 0 Å². The van der Waals surface area contributed by atoms with Gasteiger partial charge in [-0.3, -0.25) is 4.79 Å². The summed E-state index contributed by atoms with van der Waals surface area (Å²) < 4.78 is 0. The van der Waals surface area contributed by atoms with Crippen molar-refractivity contribution in [2.75, 3.05) is 13.1 Å². The molecule has 0 heterocycles. The molecule has 0 aliphatic rings. The molecule has 0 atom stereocenters. The van der Waals surface area contributed by atoms with Gasteiger partial charge in [0.2, 0.25) is 5.91 Å². The zero-order chi connectivity index (χ0) is 6.41. The van der Waals surface area contributed by atoms with Crippen molar-refractivity contribution < 1.29 is 4.79 Å². The van der Waals surface area contributed by atoms with E-state index in [1.165, 1.54) is 5.37 Å². The number of nitrogens with one attached hydrogen (secondary N) is 1. The topological polar surface area (TPSA) is 55.1 Å². The summed E-state index contributed by atoms with van der Waals surface area (Å²) in [5.74, 6) is -0.359. The lowest BCUT2D eigenvalue weighted by Crippen LogP contribution is -2.29. The Kier molecular flexibility index (Phi) is 4.39. The maximum atomic E-state index is 9.99. The summed E-state index contributed by atoms with van der Waals surface area (Å²) in [5, 5.41) is 4.20. The summed E-state index contributed by atoms with van der Waals surface area (Å²) in [4.78, 5) is 9.99. The number of primary amides is 1. The lowest BCUT2D eigenvalue weighted by molar-refractivity contribution is -0.117. The van der Waals surface area contributed by atoms with Gasteiger partial charge in [0.05, 0.1) is 6.54 Å². The Morgan fingerprint density at radius 1 is 1.88 bits per heavy atom. The summed E-state index contributed by atoms with van der Waals surface area (Å²) in [5.41, 5.74) is 4.78. The number of rotatable bonds is 4. The van der Waals surface area contributed by atoms with Gasteiger partial charge in [0, 0.05) is 6.54 Å². The predicted octanol–water partition coefficient (Wildman–Crippen LogP) is -0.939. The molecule has 46 valence electrons. The van der Waals surface area contributed by atoms with E-state index in [1.807, 2.05) is 0 Å². The first-order valence-electron chi connectivity index (χ1n) is 2.20. The molecule has 0 aromatic heterocycles. The van der Waals surface area contributed by atoms with Gasteiger partial charge in [-0.2, -0.15) is 0 Å². The van der Waals surface area contributed by atoms with Crippen molar-refractivity contribution in [3.8, 4) is 0 Å². The third-order valence-electron chi connectivity index (χ3n) is 0.527. The Hall–Kier alpha value is -0.480. The molecule has 0 rings (SSSR count). The van der Waals surface area contributed by atoms with Gasteiger partial charge >= 0.3 is 0 Å². The Balaban J connectivity index is 2.93. The Bertz CT molecular complexity index is 94.0. The molecule has 0 aliphatic heterocycles. The number of thiocarbonyl (C=S) groups is 1. The molecule has 0 saturated heterocycles. The summed E-state index contributed by atoms with van der Waals surface area (Å²) in [7, 11) is 0. The molecule has 8 heavy (non-hydrogen) atoms. The molecular weight excluding hydrogens is 124 g/mol. The zero-order valence-electron chi connectivity index (χ0n) is 4.39. The van der Waals surface area contributed by atoms with Crippen LogP contribution in [0.25, 0.3) is 0 Å². The molecule has 0 saturated carbocycles. The van der Waals surface area contributed by atoms with Crippen molar-refractivity contribution in [1.82, 2.24) is 5.32 Å². The molecule has 0 bridgehead atoms. The van der Waals surface area contributed by atoms with Crippen LogP contribution >= 0.6 is 12.2 Å². The zero-order valence-corrected chi connectivity index (χ0v) is 5.20. The second-order valence-corrected chi connectivity index (χ2v) is 1.60. The first-order chi connectivity index (χ1) is 3.77. The van der Waals surface area contributed by atoms with E-state index in [-0.39, 0.29) is 12.5 Å². The predicted molar refractivity (Wildman–Crippen MR) is 35.7 cm³/mol. The van der Waals surface area contributed by atoms with Crippen molar-refractivity contribution in [3.63, 3.8) is 0 Å². The fourth-order valence-electron chi connectivity index (χ4n) is 0.254. The lowest BCUT2D eigenvalue weighted by atomic mass is 10.6. The first kappa shape index (κ1) is 7.52. The highest BCUT2D eigenvalue weighted by Gasteiger charge is 1.87. The van der Waals surface area contributed by atoms with E-state index in [1.54, 1.807) is 0 Å². The van der Waals surface area contributed by atoms with Crippen LogP contribution < -0.4 is 11.1 Å². The average molecular weight is 132 g/mol. The van der Waals surface area contributed by atoms with Gasteiger partial charge in [-0.1, -0.05) is 12.2 Å². The normalized spacial score (nSPS) is 8.50. The highest BCUT2D eigenvalue weighted by atomic mass is 32.1. The standard InChI is InChI=1S/C4H8N2OS/c5-4(7)3-6-1-2-8/h2,6H,1,3H2,(H2,5,7). The van der Waals surface area contributed by atoms with E-state index < -0.39 is 0 Å². The molecule has 0 aromatic carbocycles. The van der Waals surface area contributed by atoms with Crippen LogP contribution in [0.3, 0.4) is 0 Å². The van der Waals surface area contributed by atoms with Crippen LogP contribution in [0.2, 0.25) is 0 Å². The summed E-state index contributed by atoms with van der Waals surface area (Å²) in [6.45, 7) is 0.755. The van der Waals surface area contributed by atoms with Gasteiger partial charge < -0.3 is 11.1 Å². The van der Waals surface area contributed by atoms with Crippen molar-refractivity contribution in [3.05, 3.63) is 0 Å². The second-order valence-electron chi connectivity index (χ2n) is 1.26. The van der Waals surface area contributed by atoms with Crippen LogP contribution in [0, 0.1) is 0 Å². The Labute approximate surface area is 53.2 Å². The molecule has 0 radical (unpaired) electrons. The summed E-state index contributed by atoms with van der Waals surface area (Å²) >= 11 is 4.46. The quantitative estimate of drug-likeness (QED) is 0.383. The molecule has 3 N–H and O–H groups in total. The minimum atomic E-state index is -0.359. The molecule has 1 amide bonds. The minimum Gasteiger partial charge on any atom is -0.369 e. The average Bonchev–Trinajstić information content (AvgIpc) is 1.66. The lowest BCUT2D eigenvalue weighted by Gasteiger charge is -1.92. The van der Waals surface area contributed by atoms with Crippen molar-refractivity contribution >= 4 is 23.5 Å². The van der Waals surface area contributed by atoms with E-state index in [2.05, 4.69) is 17.5 Å². The van der Waals surface area contributed by atoms with Crippen LogP contribution in [0.1, 0.15) is 0 Å². The Morgan fingerprint density at radius 3 is 2.88 bits per heavy atom. The van der Waals surface area contributed by atoms with Gasteiger partial charge in [0.1, 0.15) is 0 Å². The van der Waals surface area contributed by atoms with E-state index in [0.717, 1.165) is 0 Å². The third kappa shape index (κ3) is 5.52. The van der Waals surface area contributed by atoms with Gasteiger partial charge in [0.25, 0.3) is 0 Å². The maximum Gasteiger partial charge on any atom is 0.231 e. The minimum absolute atomic E-state index is 0.202. The van der Waals surface area contributed by atoms with E-state index >= 15 is 0 Å². The fourth-order valence-corrected chi connectivity index (χ4v) is 0.372. The first-order valence-corrected chi connectivity index (χ1v) is 2.67. The van der Waals surface area contributed by atoms with Crippen molar-refractivity contribution in [1.29, 1.82) is 0 Å². The molecule has 0 aromatic rings. The van der Waals surface area contributed by atoms with Crippen LogP contribution in [-0.4, -0.2) is 24.4 Å². The highest BCUT2D eigenvalue weighted by Crippen LogP contribution is 1.54. The maximum absolute atomic E-state index is 9.99. The second kappa shape index (κ2) is 4.67. The van der Waals surface area contributed by atoms with Crippen LogP contribution in [-0.2, 0) is 4.79 Å². The highest BCUT2D eigenvalue weighted by molar-refractivity contribution is 7.79. The number of hydrogen-bond donors (Lipinski definition) is 2. The van der Waals surface area contributed by atoms with Gasteiger partial charge in [-0.15, -0.1) is 0 Å². The number of carbonyl (C=O) groups is 1. The van der Waals surface area contributed by atoms with Gasteiger partial charge in [-0.05, 0) is 5.37 Å². The molecule has 0 unspecified atom stereocenters. The molecule has 3 nitrogen and oxygen atoms in total. The fraction of sp³-hybridized carbons (Fsp3) is 0.500. The van der Waals surface area contributed by atoms with E-state index in [4.69, 9.17) is 5.73 Å². The van der Waals surface area contributed by atoms with Crippen molar-refractivity contribution in [2.45, 2.75) is 0 Å². The number of nitrogens with two attached hydrogens (primary N) is 1. The van der Waals surface area contributed by atoms with Crippen LogP contribution in [0.5, 0.6) is 0 Å². The molecule has 0 aliphatic carbocycles. The number of carbonyl (C=O) groups excluding carboxylic acids is 1. The third-order valence-corrected chi connectivity index (χ3v) is 0.694. The molecule has 0 fully saturated rings. The largest absolute Gasteiger partial charge is 0.369 e. The smallest absolute Gasteiger partial charge is 0.231 e. The van der Waals surface area contributed by atoms with Crippen LogP contribution in [0.15, 0.2) is 0 Å². The van der Waals surface area contributed by atoms with Gasteiger partial charge in [-0.25, -0.2) is 0 Å². The van der Waals surface area contributed by atoms with Crippen LogP contribution in [0.4, 0.5) is 0 Å². The van der Waals surface area contributed by atoms with E-state index in [9.17, 15) is 4.79 Å². The van der Waals surface area contributed by atoms with E-state index in [0.29, 0.717) is 6.54 Å². The molecule has 0 spiro atoms. The summed E-state index contributed by atoms with van der Waals surface area (Å²) in [6.07, 6.45) is 0. The number of hydrogen-bond acceptors (Lipinski definition) is 3. The summed E-state index contributed by atoms with van der Waals surface area (Å²) in [6, 6.07) is 0. The van der Waals surface area contributed by atoms with Crippen molar-refractivity contribution in [2.24, 2.45) is 5.73 Å². The molecule has 4 heteroatoms.